The third-order valence-electron chi connectivity index (χ3n) is 3.64. The van der Waals surface area contributed by atoms with Crippen LogP contribution in [-0.4, -0.2) is 37.4 Å². The molecule has 24 heavy (non-hydrogen) atoms. The van der Waals surface area contributed by atoms with Crippen LogP contribution in [0.2, 0.25) is 0 Å². The average molecular weight is 325 g/mol. The number of likely N-dealkylation sites (N-methyl/N-ethyl adjacent to an activating group) is 1. The summed E-state index contributed by atoms with van der Waals surface area (Å²) >= 11 is 0. The summed E-state index contributed by atoms with van der Waals surface area (Å²) in [5, 5.41) is 5.48. The molecule has 0 unspecified atom stereocenters. The smallest absolute Gasteiger partial charge is 0.251 e. The molecule has 5 heteroatoms. The molecule has 0 aliphatic heterocycles. The molecule has 0 heterocycles. The van der Waals surface area contributed by atoms with Crippen molar-refractivity contribution in [3.8, 4) is 0 Å². The van der Waals surface area contributed by atoms with Gasteiger partial charge in [-0.3, -0.25) is 14.5 Å². The van der Waals surface area contributed by atoms with Crippen molar-refractivity contribution in [2.75, 3.05) is 26.0 Å². The standard InChI is InChI=1S/C19H23N3O2/c1-14-4-10-17(11-5-14)21-18(23)13-22(3)12-15-6-8-16(9-7-15)19(24)20-2/h4-11H,12-13H2,1-3H3,(H,20,24)(H,21,23). The van der Waals surface area contributed by atoms with Gasteiger partial charge >= 0.3 is 0 Å². The van der Waals surface area contributed by atoms with E-state index in [1.807, 2.05) is 55.3 Å². The summed E-state index contributed by atoms with van der Waals surface area (Å²) in [6.07, 6.45) is 0. The van der Waals surface area contributed by atoms with Gasteiger partial charge in [0.1, 0.15) is 0 Å². The Hall–Kier alpha value is -2.66. The van der Waals surface area contributed by atoms with Crippen LogP contribution in [0.15, 0.2) is 48.5 Å². The molecule has 2 aromatic carbocycles. The van der Waals surface area contributed by atoms with Gasteiger partial charge in [0.05, 0.1) is 6.54 Å². The van der Waals surface area contributed by atoms with Crippen LogP contribution in [0.1, 0.15) is 21.5 Å². The number of carbonyl (C=O) groups is 2. The Kier molecular flexibility index (Phi) is 6.09. The molecule has 0 fully saturated rings. The quantitative estimate of drug-likeness (QED) is 0.857. The summed E-state index contributed by atoms with van der Waals surface area (Å²) in [5.41, 5.74) is 3.63. The third-order valence-corrected chi connectivity index (χ3v) is 3.64. The fourth-order valence-corrected chi connectivity index (χ4v) is 2.36. The minimum atomic E-state index is -0.104. The van der Waals surface area contributed by atoms with Crippen LogP contribution in [0.4, 0.5) is 5.69 Å². The Morgan fingerprint density at radius 3 is 2.21 bits per heavy atom. The molecule has 0 spiro atoms. The summed E-state index contributed by atoms with van der Waals surface area (Å²) in [6, 6.07) is 15.1. The van der Waals surface area contributed by atoms with Crippen LogP contribution < -0.4 is 10.6 Å². The van der Waals surface area contributed by atoms with Crippen molar-refractivity contribution < 1.29 is 9.59 Å². The largest absolute Gasteiger partial charge is 0.355 e. The molecule has 2 rings (SSSR count). The van der Waals surface area contributed by atoms with Gasteiger partial charge in [0, 0.05) is 24.8 Å². The van der Waals surface area contributed by atoms with Crippen molar-refractivity contribution in [3.05, 3.63) is 65.2 Å². The van der Waals surface area contributed by atoms with E-state index in [-0.39, 0.29) is 11.8 Å². The fourth-order valence-electron chi connectivity index (χ4n) is 2.36. The number of carbonyl (C=O) groups excluding carboxylic acids is 2. The first-order valence-electron chi connectivity index (χ1n) is 7.84. The van der Waals surface area contributed by atoms with Gasteiger partial charge in [-0.15, -0.1) is 0 Å². The van der Waals surface area contributed by atoms with Gasteiger partial charge in [0.15, 0.2) is 0 Å². The molecule has 2 aromatic rings. The van der Waals surface area contributed by atoms with E-state index in [1.54, 1.807) is 19.2 Å². The second-order valence-electron chi connectivity index (χ2n) is 5.86. The number of anilines is 1. The number of benzene rings is 2. The number of aryl methyl sites for hydroxylation is 1. The average Bonchev–Trinajstić information content (AvgIpc) is 2.56. The first kappa shape index (κ1) is 17.7. The lowest BCUT2D eigenvalue weighted by Gasteiger charge is -2.16. The maximum Gasteiger partial charge on any atom is 0.251 e. The third kappa shape index (κ3) is 5.21. The molecule has 5 nitrogen and oxygen atoms in total. The normalized spacial score (nSPS) is 10.5. The van der Waals surface area contributed by atoms with Gasteiger partial charge in [0.25, 0.3) is 5.91 Å². The molecule has 0 bridgehead atoms. The van der Waals surface area contributed by atoms with Crippen molar-refractivity contribution in [1.82, 2.24) is 10.2 Å². The molecular weight excluding hydrogens is 302 g/mol. The molecular formula is C19H23N3O2. The molecule has 0 saturated heterocycles. The molecule has 0 saturated carbocycles. The molecule has 0 aliphatic rings. The lowest BCUT2D eigenvalue weighted by atomic mass is 10.1. The van der Waals surface area contributed by atoms with E-state index in [2.05, 4.69) is 10.6 Å². The van der Waals surface area contributed by atoms with E-state index in [9.17, 15) is 9.59 Å². The van der Waals surface area contributed by atoms with Crippen LogP contribution in [-0.2, 0) is 11.3 Å². The summed E-state index contributed by atoms with van der Waals surface area (Å²) < 4.78 is 0. The van der Waals surface area contributed by atoms with Gasteiger partial charge in [-0.2, -0.15) is 0 Å². The number of rotatable bonds is 6. The zero-order chi connectivity index (χ0) is 17.5. The molecule has 0 aromatic heterocycles. The highest BCUT2D eigenvalue weighted by Gasteiger charge is 2.08. The molecule has 0 aliphatic carbocycles. The van der Waals surface area contributed by atoms with Crippen molar-refractivity contribution >= 4 is 17.5 Å². The Balaban J connectivity index is 1.85. The van der Waals surface area contributed by atoms with Crippen LogP contribution in [0, 0.1) is 6.92 Å². The van der Waals surface area contributed by atoms with Crippen molar-refractivity contribution in [3.63, 3.8) is 0 Å². The fraction of sp³-hybridized carbons (Fsp3) is 0.263. The summed E-state index contributed by atoms with van der Waals surface area (Å²) in [4.78, 5) is 25.5. The van der Waals surface area contributed by atoms with E-state index in [0.29, 0.717) is 18.7 Å². The Morgan fingerprint density at radius 1 is 1.00 bits per heavy atom. The van der Waals surface area contributed by atoms with E-state index >= 15 is 0 Å². The Morgan fingerprint density at radius 2 is 1.62 bits per heavy atom. The SMILES string of the molecule is CNC(=O)c1ccc(CN(C)CC(=O)Nc2ccc(C)cc2)cc1. The predicted octanol–water partition coefficient (Wildman–Crippen LogP) is 2.43. The highest BCUT2D eigenvalue weighted by Crippen LogP contribution is 2.10. The van der Waals surface area contributed by atoms with Gasteiger partial charge < -0.3 is 10.6 Å². The van der Waals surface area contributed by atoms with Crippen molar-refractivity contribution in [1.29, 1.82) is 0 Å². The first-order chi connectivity index (χ1) is 11.5. The molecule has 2 N–H and O–H groups in total. The van der Waals surface area contributed by atoms with Gasteiger partial charge in [-0.25, -0.2) is 0 Å². The number of hydrogen-bond donors (Lipinski definition) is 2. The summed E-state index contributed by atoms with van der Waals surface area (Å²) in [6.45, 7) is 2.94. The molecule has 0 radical (unpaired) electrons. The Bertz CT molecular complexity index is 694. The number of nitrogens with one attached hydrogen (secondary N) is 2. The minimum Gasteiger partial charge on any atom is -0.355 e. The van der Waals surface area contributed by atoms with Crippen molar-refractivity contribution in [2.45, 2.75) is 13.5 Å². The number of nitrogens with zero attached hydrogens (tertiary/aromatic N) is 1. The zero-order valence-electron chi connectivity index (χ0n) is 14.3. The minimum absolute atomic E-state index is 0.0525. The van der Waals surface area contributed by atoms with Crippen LogP contribution in [0.3, 0.4) is 0 Å². The van der Waals surface area contributed by atoms with Gasteiger partial charge in [-0.05, 0) is 43.8 Å². The maximum absolute atomic E-state index is 12.1. The predicted molar refractivity (Wildman–Crippen MR) is 96.0 cm³/mol. The lowest BCUT2D eigenvalue weighted by Crippen LogP contribution is -2.29. The second kappa shape index (κ2) is 8.26. The summed E-state index contributed by atoms with van der Waals surface area (Å²) in [7, 11) is 3.50. The Labute approximate surface area is 142 Å². The summed E-state index contributed by atoms with van der Waals surface area (Å²) in [5.74, 6) is -0.157. The van der Waals surface area contributed by atoms with Gasteiger partial charge in [0.2, 0.25) is 5.91 Å². The van der Waals surface area contributed by atoms with E-state index in [0.717, 1.165) is 16.8 Å². The number of amides is 2. The van der Waals surface area contributed by atoms with E-state index < -0.39 is 0 Å². The highest BCUT2D eigenvalue weighted by molar-refractivity contribution is 5.94. The molecule has 126 valence electrons. The molecule has 0 atom stereocenters. The maximum atomic E-state index is 12.1. The molecule has 2 amide bonds. The lowest BCUT2D eigenvalue weighted by molar-refractivity contribution is -0.117. The first-order valence-corrected chi connectivity index (χ1v) is 7.84. The van der Waals surface area contributed by atoms with Crippen molar-refractivity contribution in [2.24, 2.45) is 0 Å². The van der Waals surface area contributed by atoms with Crippen LogP contribution >= 0.6 is 0 Å². The monoisotopic (exact) mass is 325 g/mol. The van der Waals surface area contributed by atoms with E-state index in [4.69, 9.17) is 0 Å². The van der Waals surface area contributed by atoms with Crippen LogP contribution in [0.5, 0.6) is 0 Å². The van der Waals surface area contributed by atoms with Gasteiger partial charge in [-0.1, -0.05) is 29.8 Å². The van der Waals surface area contributed by atoms with E-state index in [1.165, 1.54) is 0 Å². The zero-order valence-corrected chi connectivity index (χ0v) is 14.3. The topological polar surface area (TPSA) is 61.4 Å². The number of hydrogen-bond acceptors (Lipinski definition) is 3. The second-order valence-corrected chi connectivity index (χ2v) is 5.86. The highest BCUT2D eigenvalue weighted by atomic mass is 16.2. The van der Waals surface area contributed by atoms with Crippen LogP contribution in [0.25, 0.3) is 0 Å².